The third-order valence-electron chi connectivity index (χ3n) is 5.44. The van der Waals surface area contributed by atoms with E-state index in [1.165, 1.54) is 0 Å². The minimum Gasteiger partial charge on any atom is -0.488 e. The number of ether oxygens (including phenoxy) is 1. The maximum absolute atomic E-state index is 13.1. The van der Waals surface area contributed by atoms with E-state index in [2.05, 4.69) is 45.2 Å². The molecule has 0 aliphatic carbocycles. The molecule has 3 aromatic carbocycles. The van der Waals surface area contributed by atoms with Gasteiger partial charge in [-0.25, -0.2) is 0 Å². The van der Waals surface area contributed by atoms with Crippen molar-refractivity contribution < 1.29 is 9.53 Å². The molecule has 0 bridgehead atoms. The zero-order valence-electron chi connectivity index (χ0n) is 18.1. The fraction of sp³-hybridized carbons (Fsp3) is 0.107. The van der Waals surface area contributed by atoms with E-state index in [4.69, 9.17) is 10.00 Å². The molecule has 4 rings (SSSR count). The minimum atomic E-state index is -0.0767. The third kappa shape index (κ3) is 5.36. The average Bonchev–Trinajstić information content (AvgIpc) is 2.85. The molecule has 162 valence electrons. The molecule has 0 saturated heterocycles. The molecule has 4 nitrogen and oxygen atoms in total. The SMILES string of the molecule is Cc1c(CC(=O)c2cc(OCc3cccc(C#N)c3)c(Br)cn2)cccc1-c1ccccc1. The number of nitriles is 1. The summed E-state index contributed by atoms with van der Waals surface area (Å²) in [6.07, 6.45) is 1.84. The van der Waals surface area contributed by atoms with Crippen LogP contribution in [0.3, 0.4) is 0 Å². The van der Waals surface area contributed by atoms with Crippen molar-refractivity contribution in [3.63, 3.8) is 0 Å². The van der Waals surface area contributed by atoms with Gasteiger partial charge in [-0.15, -0.1) is 0 Å². The zero-order chi connectivity index (χ0) is 23.2. The lowest BCUT2D eigenvalue weighted by Gasteiger charge is -2.12. The van der Waals surface area contributed by atoms with Gasteiger partial charge < -0.3 is 4.74 Å². The van der Waals surface area contributed by atoms with Crippen molar-refractivity contribution in [1.29, 1.82) is 5.26 Å². The Morgan fingerprint density at radius 3 is 2.61 bits per heavy atom. The molecule has 0 fully saturated rings. The number of rotatable bonds is 7. The molecule has 33 heavy (non-hydrogen) atoms. The molecule has 0 atom stereocenters. The Morgan fingerprint density at radius 1 is 1.03 bits per heavy atom. The van der Waals surface area contributed by atoms with Crippen molar-refractivity contribution in [2.24, 2.45) is 0 Å². The monoisotopic (exact) mass is 496 g/mol. The number of benzene rings is 3. The second-order valence-corrected chi connectivity index (χ2v) is 8.51. The number of nitrogens with zero attached hydrogens (tertiary/aromatic N) is 2. The number of ketones is 1. The Labute approximate surface area is 201 Å². The lowest BCUT2D eigenvalue weighted by molar-refractivity contribution is 0.0987. The zero-order valence-corrected chi connectivity index (χ0v) is 19.7. The van der Waals surface area contributed by atoms with Crippen LogP contribution < -0.4 is 4.74 Å². The maximum Gasteiger partial charge on any atom is 0.185 e. The predicted molar refractivity (Wildman–Crippen MR) is 132 cm³/mol. The third-order valence-corrected chi connectivity index (χ3v) is 6.03. The molecule has 4 aromatic rings. The molecule has 0 saturated carbocycles. The predicted octanol–water partition coefficient (Wildman–Crippen LogP) is 6.70. The van der Waals surface area contributed by atoms with Gasteiger partial charge in [0.1, 0.15) is 18.1 Å². The largest absolute Gasteiger partial charge is 0.488 e. The molecule has 0 aliphatic rings. The van der Waals surface area contributed by atoms with Gasteiger partial charge >= 0.3 is 0 Å². The van der Waals surface area contributed by atoms with Crippen molar-refractivity contribution in [2.75, 3.05) is 0 Å². The van der Waals surface area contributed by atoms with Gasteiger partial charge in [-0.3, -0.25) is 9.78 Å². The first-order valence-electron chi connectivity index (χ1n) is 10.5. The Kier molecular flexibility index (Phi) is 6.97. The average molecular weight is 497 g/mol. The summed E-state index contributed by atoms with van der Waals surface area (Å²) < 4.78 is 6.58. The molecule has 5 heteroatoms. The molecule has 0 aliphatic heterocycles. The van der Waals surface area contributed by atoms with Crippen LogP contribution in [0, 0.1) is 18.3 Å². The second kappa shape index (κ2) is 10.2. The first-order valence-corrected chi connectivity index (χ1v) is 11.3. The van der Waals surface area contributed by atoms with Crippen molar-refractivity contribution in [3.05, 3.63) is 117 Å². The van der Waals surface area contributed by atoms with Crippen LogP contribution in [0.4, 0.5) is 0 Å². The highest BCUT2D eigenvalue weighted by molar-refractivity contribution is 9.10. The van der Waals surface area contributed by atoms with E-state index in [0.717, 1.165) is 27.8 Å². The summed E-state index contributed by atoms with van der Waals surface area (Å²) in [6, 6.07) is 27.2. The molecule has 0 unspecified atom stereocenters. The summed E-state index contributed by atoms with van der Waals surface area (Å²) >= 11 is 3.44. The van der Waals surface area contributed by atoms with Crippen molar-refractivity contribution in [3.8, 4) is 22.9 Å². The number of carbonyl (C=O) groups excluding carboxylic acids is 1. The molecule has 0 N–H and O–H groups in total. The number of hydrogen-bond acceptors (Lipinski definition) is 4. The Bertz CT molecular complexity index is 1340. The summed E-state index contributed by atoms with van der Waals surface area (Å²) in [7, 11) is 0. The highest BCUT2D eigenvalue weighted by Gasteiger charge is 2.15. The van der Waals surface area contributed by atoms with E-state index in [-0.39, 0.29) is 18.8 Å². The van der Waals surface area contributed by atoms with Crippen LogP contribution in [0.5, 0.6) is 5.75 Å². The molecule has 0 spiro atoms. The molecule has 1 heterocycles. The highest BCUT2D eigenvalue weighted by atomic mass is 79.9. The van der Waals surface area contributed by atoms with Gasteiger partial charge in [0.05, 0.1) is 16.1 Å². The van der Waals surface area contributed by atoms with Crippen LogP contribution in [-0.2, 0) is 13.0 Å². The fourth-order valence-corrected chi connectivity index (χ4v) is 3.98. The quantitative estimate of drug-likeness (QED) is 0.267. The van der Waals surface area contributed by atoms with E-state index < -0.39 is 0 Å². The highest BCUT2D eigenvalue weighted by Crippen LogP contribution is 2.28. The Hall–Kier alpha value is -3.75. The van der Waals surface area contributed by atoms with E-state index in [1.54, 1.807) is 24.4 Å². The van der Waals surface area contributed by atoms with Crippen molar-refractivity contribution >= 4 is 21.7 Å². The summed E-state index contributed by atoms with van der Waals surface area (Å²) in [5, 5.41) is 9.07. The van der Waals surface area contributed by atoms with Crippen LogP contribution in [0.15, 0.2) is 89.5 Å². The van der Waals surface area contributed by atoms with E-state index >= 15 is 0 Å². The molecular formula is C28H21BrN2O2. The van der Waals surface area contributed by atoms with E-state index in [9.17, 15) is 4.79 Å². The summed E-state index contributed by atoms with van der Waals surface area (Å²) in [4.78, 5) is 17.4. The van der Waals surface area contributed by atoms with Crippen LogP contribution in [-0.4, -0.2) is 10.8 Å². The van der Waals surface area contributed by atoms with Gasteiger partial charge in [0.15, 0.2) is 5.78 Å². The summed E-state index contributed by atoms with van der Waals surface area (Å²) in [5.41, 5.74) is 6.11. The molecule has 0 amide bonds. The number of pyridine rings is 1. The Balaban J connectivity index is 1.52. The molecule has 1 aromatic heterocycles. The van der Waals surface area contributed by atoms with E-state index in [0.29, 0.717) is 21.5 Å². The minimum absolute atomic E-state index is 0.0767. The number of carbonyl (C=O) groups is 1. The van der Waals surface area contributed by atoms with Gasteiger partial charge in [0.2, 0.25) is 0 Å². The van der Waals surface area contributed by atoms with Crippen LogP contribution in [0.2, 0.25) is 0 Å². The number of Topliss-reactive ketones (excluding diaryl/α,β-unsaturated/α-hetero) is 1. The molecular weight excluding hydrogens is 476 g/mol. The van der Waals surface area contributed by atoms with Gasteiger partial charge in [0, 0.05) is 18.7 Å². The van der Waals surface area contributed by atoms with Crippen molar-refractivity contribution in [1.82, 2.24) is 4.98 Å². The first-order chi connectivity index (χ1) is 16.0. The van der Waals surface area contributed by atoms with Crippen LogP contribution in [0.1, 0.15) is 32.7 Å². The van der Waals surface area contributed by atoms with Gasteiger partial charge in [-0.1, -0.05) is 60.7 Å². The number of hydrogen-bond donors (Lipinski definition) is 0. The van der Waals surface area contributed by atoms with E-state index in [1.807, 2.05) is 49.4 Å². The number of halogens is 1. The van der Waals surface area contributed by atoms with Crippen LogP contribution in [0.25, 0.3) is 11.1 Å². The van der Waals surface area contributed by atoms with Gasteiger partial charge in [0.25, 0.3) is 0 Å². The normalized spacial score (nSPS) is 10.5. The maximum atomic E-state index is 13.1. The Morgan fingerprint density at radius 2 is 1.82 bits per heavy atom. The second-order valence-electron chi connectivity index (χ2n) is 7.66. The summed E-state index contributed by atoms with van der Waals surface area (Å²) in [6.45, 7) is 2.33. The smallest absolute Gasteiger partial charge is 0.185 e. The first kappa shape index (κ1) is 22.4. The van der Waals surface area contributed by atoms with Gasteiger partial charge in [-0.2, -0.15) is 5.26 Å². The lowest BCUT2D eigenvalue weighted by atomic mass is 9.93. The molecule has 0 radical (unpaired) electrons. The summed E-state index contributed by atoms with van der Waals surface area (Å²) in [5.74, 6) is 0.456. The standard InChI is InChI=1S/C28H21BrN2O2/c1-19-23(11-6-12-24(19)22-9-3-2-4-10-22)14-27(32)26-15-28(25(29)17-31-26)33-18-21-8-5-7-20(13-21)16-30/h2-13,15,17H,14,18H2,1H3. The van der Waals surface area contributed by atoms with Crippen molar-refractivity contribution in [2.45, 2.75) is 20.0 Å². The number of aromatic nitrogens is 1. The van der Waals surface area contributed by atoms with Gasteiger partial charge in [-0.05, 0) is 62.8 Å². The lowest BCUT2D eigenvalue weighted by Crippen LogP contribution is -2.08. The fourth-order valence-electron chi connectivity index (χ4n) is 3.64. The topological polar surface area (TPSA) is 63.0 Å². The van der Waals surface area contributed by atoms with Crippen LogP contribution >= 0.6 is 15.9 Å².